The maximum Gasteiger partial charge on any atom is 0.0925 e. The van der Waals surface area contributed by atoms with Crippen LogP contribution in [0.4, 0.5) is 0 Å². The Balaban J connectivity index is 2.19. The fraction of sp³-hybridized carbons (Fsp3) is 0.667. The van der Waals surface area contributed by atoms with Gasteiger partial charge in [-0.05, 0) is 12.8 Å². The molecule has 1 heterocycles. The summed E-state index contributed by atoms with van der Waals surface area (Å²) in [7, 11) is 0. The molecule has 3 N–H and O–H groups in total. The second-order valence-corrected chi connectivity index (χ2v) is 3.45. The van der Waals surface area contributed by atoms with E-state index in [9.17, 15) is 0 Å². The van der Waals surface area contributed by atoms with E-state index in [1.54, 1.807) is 6.33 Å². The van der Waals surface area contributed by atoms with Gasteiger partial charge in [0.1, 0.15) is 0 Å². The molecule has 1 aromatic rings. The number of aromatic amines is 1. The molecule has 0 unspecified atom stereocenters. The molecular weight excluding hydrogens is 150 g/mol. The van der Waals surface area contributed by atoms with Crippen molar-refractivity contribution >= 4 is 0 Å². The number of H-pyrrole nitrogens is 1. The number of nitrogens with one attached hydrogen (secondary N) is 1. The molecule has 1 aliphatic carbocycles. The lowest BCUT2D eigenvalue weighted by Crippen LogP contribution is -2.03. The lowest BCUT2D eigenvalue weighted by molar-refractivity contribution is 0.690. The second-order valence-electron chi connectivity index (χ2n) is 3.45. The minimum absolute atomic E-state index is 0.589. The first kappa shape index (κ1) is 7.80. The topological polar surface area (TPSA) is 54.7 Å². The molecule has 0 aromatic carbocycles. The molecule has 0 bridgehead atoms. The van der Waals surface area contributed by atoms with Crippen molar-refractivity contribution in [2.45, 2.75) is 38.1 Å². The van der Waals surface area contributed by atoms with Crippen molar-refractivity contribution in [2.24, 2.45) is 5.73 Å². The largest absolute Gasteiger partial charge is 0.347 e. The summed E-state index contributed by atoms with van der Waals surface area (Å²) >= 11 is 0. The van der Waals surface area contributed by atoms with Gasteiger partial charge in [-0.25, -0.2) is 4.98 Å². The summed E-state index contributed by atoms with van der Waals surface area (Å²) in [6.45, 7) is 0.589. The van der Waals surface area contributed by atoms with Gasteiger partial charge in [-0.15, -0.1) is 0 Å². The van der Waals surface area contributed by atoms with Gasteiger partial charge in [-0.1, -0.05) is 12.8 Å². The van der Waals surface area contributed by atoms with Gasteiger partial charge in [0.05, 0.1) is 17.7 Å². The summed E-state index contributed by atoms with van der Waals surface area (Å²) in [6.07, 6.45) is 7.04. The van der Waals surface area contributed by atoms with Crippen LogP contribution in [0.25, 0.3) is 0 Å². The fourth-order valence-electron chi connectivity index (χ4n) is 2.05. The Morgan fingerprint density at radius 2 is 2.25 bits per heavy atom. The summed E-state index contributed by atoms with van der Waals surface area (Å²) in [6, 6.07) is 0. The molecule has 3 nitrogen and oxygen atoms in total. The average molecular weight is 165 g/mol. The van der Waals surface area contributed by atoms with Crippen LogP contribution in [0.15, 0.2) is 6.33 Å². The monoisotopic (exact) mass is 165 g/mol. The highest BCUT2D eigenvalue weighted by molar-refractivity contribution is 5.16. The summed E-state index contributed by atoms with van der Waals surface area (Å²) < 4.78 is 0. The van der Waals surface area contributed by atoms with E-state index in [1.165, 1.54) is 31.4 Å². The predicted octanol–water partition coefficient (Wildman–Crippen LogP) is 1.53. The van der Waals surface area contributed by atoms with Gasteiger partial charge in [-0.2, -0.15) is 0 Å². The Labute approximate surface area is 72.4 Å². The van der Waals surface area contributed by atoms with E-state index < -0.39 is 0 Å². The molecule has 1 saturated carbocycles. The zero-order chi connectivity index (χ0) is 8.39. The third kappa shape index (κ3) is 1.25. The summed E-state index contributed by atoms with van der Waals surface area (Å²) in [4.78, 5) is 7.43. The van der Waals surface area contributed by atoms with Gasteiger partial charge in [-0.3, -0.25) is 0 Å². The molecule has 2 rings (SSSR count). The predicted molar refractivity (Wildman–Crippen MR) is 47.7 cm³/mol. The van der Waals surface area contributed by atoms with E-state index in [4.69, 9.17) is 5.73 Å². The Morgan fingerprint density at radius 1 is 1.50 bits per heavy atom. The van der Waals surface area contributed by atoms with Crippen molar-refractivity contribution in [3.8, 4) is 0 Å². The number of hydrogen-bond donors (Lipinski definition) is 2. The minimum atomic E-state index is 0.589. The molecule has 0 saturated heterocycles. The maximum atomic E-state index is 5.59. The van der Waals surface area contributed by atoms with Gasteiger partial charge >= 0.3 is 0 Å². The summed E-state index contributed by atoms with van der Waals surface area (Å²) in [5, 5.41) is 0. The molecule has 1 aromatic heterocycles. The molecular formula is C9H15N3. The van der Waals surface area contributed by atoms with Crippen LogP contribution in [0, 0.1) is 0 Å². The standard InChI is InChI=1S/C9H15N3/c10-5-8-9(12-6-11-8)7-3-1-2-4-7/h6-7H,1-5,10H2,(H,11,12). The van der Waals surface area contributed by atoms with Crippen LogP contribution >= 0.6 is 0 Å². The lowest BCUT2D eigenvalue weighted by atomic mass is 10.0. The normalized spacial score (nSPS) is 18.8. The van der Waals surface area contributed by atoms with Crippen LogP contribution in [-0.4, -0.2) is 9.97 Å². The molecule has 1 fully saturated rings. The molecule has 0 amide bonds. The van der Waals surface area contributed by atoms with Gasteiger partial charge in [0.2, 0.25) is 0 Å². The summed E-state index contributed by atoms with van der Waals surface area (Å²) in [5.41, 5.74) is 7.94. The molecule has 0 radical (unpaired) electrons. The second kappa shape index (κ2) is 3.27. The van der Waals surface area contributed by atoms with Crippen molar-refractivity contribution in [1.29, 1.82) is 0 Å². The number of rotatable bonds is 2. The highest BCUT2D eigenvalue weighted by Gasteiger charge is 2.21. The zero-order valence-electron chi connectivity index (χ0n) is 7.21. The summed E-state index contributed by atoms with van der Waals surface area (Å²) in [5.74, 6) is 0.676. The molecule has 3 heteroatoms. The van der Waals surface area contributed by atoms with Crippen LogP contribution in [0.3, 0.4) is 0 Å². The van der Waals surface area contributed by atoms with E-state index in [2.05, 4.69) is 9.97 Å². The molecule has 66 valence electrons. The fourth-order valence-corrected chi connectivity index (χ4v) is 2.05. The van der Waals surface area contributed by atoms with E-state index in [-0.39, 0.29) is 0 Å². The third-order valence-electron chi connectivity index (χ3n) is 2.70. The highest BCUT2D eigenvalue weighted by atomic mass is 14.9. The highest BCUT2D eigenvalue weighted by Crippen LogP contribution is 2.33. The third-order valence-corrected chi connectivity index (χ3v) is 2.70. The number of imidazole rings is 1. The van der Waals surface area contributed by atoms with E-state index >= 15 is 0 Å². The van der Waals surface area contributed by atoms with Crippen LogP contribution in [0.1, 0.15) is 43.0 Å². The van der Waals surface area contributed by atoms with Crippen molar-refractivity contribution in [1.82, 2.24) is 9.97 Å². The Bertz CT molecular complexity index is 248. The first-order valence-corrected chi connectivity index (χ1v) is 4.64. The number of hydrogen-bond acceptors (Lipinski definition) is 2. The number of aromatic nitrogens is 2. The van der Waals surface area contributed by atoms with Gasteiger partial charge < -0.3 is 10.7 Å². The van der Waals surface area contributed by atoms with Crippen LogP contribution in [-0.2, 0) is 6.54 Å². The Morgan fingerprint density at radius 3 is 2.92 bits per heavy atom. The number of nitrogens with zero attached hydrogens (tertiary/aromatic N) is 1. The van der Waals surface area contributed by atoms with Crippen molar-refractivity contribution < 1.29 is 0 Å². The smallest absolute Gasteiger partial charge is 0.0925 e. The molecule has 0 aliphatic heterocycles. The first-order valence-electron chi connectivity index (χ1n) is 4.64. The minimum Gasteiger partial charge on any atom is -0.347 e. The first-order chi connectivity index (χ1) is 5.92. The van der Waals surface area contributed by atoms with Gasteiger partial charge in [0, 0.05) is 12.5 Å². The maximum absolute atomic E-state index is 5.59. The van der Waals surface area contributed by atoms with Crippen molar-refractivity contribution in [3.63, 3.8) is 0 Å². The number of nitrogens with two attached hydrogens (primary N) is 1. The van der Waals surface area contributed by atoms with Crippen molar-refractivity contribution in [3.05, 3.63) is 17.7 Å². The molecule has 12 heavy (non-hydrogen) atoms. The van der Waals surface area contributed by atoms with Crippen LogP contribution in [0.5, 0.6) is 0 Å². The molecule has 1 aliphatic rings. The van der Waals surface area contributed by atoms with Crippen molar-refractivity contribution in [2.75, 3.05) is 0 Å². The zero-order valence-corrected chi connectivity index (χ0v) is 7.21. The Kier molecular flexibility index (Phi) is 2.13. The lowest BCUT2D eigenvalue weighted by Gasteiger charge is -2.06. The van der Waals surface area contributed by atoms with Crippen LogP contribution < -0.4 is 5.73 Å². The van der Waals surface area contributed by atoms with Crippen LogP contribution in [0.2, 0.25) is 0 Å². The van der Waals surface area contributed by atoms with E-state index in [0.29, 0.717) is 12.5 Å². The quantitative estimate of drug-likeness (QED) is 0.698. The van der Waals surface area contributed by atoms with E-state index in [0.717, 1.165) is 5.69 Å². The average Bonchev–Trinajstić information content (AvgIpc) is 2.74. The molecule has 0 atom stereocenters. The SMILES string of the molecule is NCc1[nH]cnc1C1CCCC1. The molecule has 0 spiro atoms. The van der Waals surface area contributed by atoms with Gasteiger partial charge in [0.25, 0.3) is 0 Å². The van der Waals surface area contributed by atoms with E-state index in [1.807, 2.05) is 0 Å². The Hall–Kier alpha value is -0.830. The van der Waals surface area contributed by atoms with Gasteiger partial charge in [0.15, 0.2) is 0 Å².